The molecule has 0 aliphatic carbocycles. The normalized spacial score (nSPS) is 53.5. The molecular weight excluding hydrogens is 168 g/mol. The van der Waals surface area contributed by atoms with Crippen LogP contribution in [0.5, 0.6) is 0 Å². The molecule has 6 heteroatoms. The molecular formula is C6H10O6. The quantitative estimate of drug-likeness (QED) is 0.339. The summed E-state index contributed by atoms with van der Waals surface area (Å²) >= 11 is 0. The Morgan fingerprint density at radius 3 is 2.58 bits per heavy atom. The lowest BCUT2D eigenvalue weighted by atomic mass is 10.1. The van der Waals surface area contributed by atoms with Gasteiger partial charge < -0.3 is 29.9 Å². The summed E-state index contributed by atoms with van der Waals surface area (Å²) in [5.41, 5.74) is 0. The SMILES string of the molecule is OC[C@H](O)[C@@H]1O[C@@H]2O[C@]2(O)[C@@H]1O. The first-order valence-electron chi connectivity index (χ1n) is 3.62. The molecule has 0 bridgehead atoms. The number of epoxide rings is 1. The van der Waals surface area contributed by atoms with Gasteiger partial charge in [0.1, 0.15) is 18.3 Å². The van der Waals surface area contributed by atoms with Gasteiger partial charge in [0.15, 0.2) is 0 Å². The van der Waals surface area contributed by atoms with Crippen molar-refractivity contribution >= 4 is 0 Å². The summed E-state index contributed by atoms with van der Waals surface area (Å²) < 4.78 is 9.44. The largest absolute Gasteiger partial charge is 0.394 e. The van der Waals surface area contributed by atoms with Crippen LogP contribution < -0.4 is 0 Å². The van der Waals surface area contributed by atoms with Crippen LogP contribution in [0.25, 0.3) is 0 Å². The third kappa shape index (κ3) is 0.905. The Bertz CT molecular complexity index is 196. The number of aliphatic hydroxyl groups excluding tert-OH is 3. The molecule has 2 heterocycles. The van der Waals surface area contributed by atoms with E-state index in [4.69, 9.17) is 14.9 Å². The predicted molar refractivity (Wildman–Crippen MR) is 33.8 cm³/mol. The number of hydrogen-bond donors (Lipinski definition) is 4. The van der Waals surface area contributed by atoms with Gasteiger partial charge in [-0.05, 0) is 0 Å². The molecule has 5 atom stereocenters. The molecule has 0 aromatic heterocycles. The molecule has 0 amide bonds. The monoisotopic (exact) mass is 178 g/mol. The molecule has 0 spiro atoms. The number of fused-ring (bicyclic) bond motifs is 1. The number of aliphatic hydroxyl groups is 4. The summed E-state index contributed by atoms with van der Waals surface area (Å²) in [5, 5.41) is 36.2. The molecule has 2 rings (SSSR count). The summed E-state index contributed by atoms with van der Waals surface area (Å²) in [5.74, 6) is -1.67. The number of ether oxygens (including phenoxy) is 2. The van der Waals surface area contributed by atoms with E-state index < -0.39 is 37.0 Å². The Kier molecular flexibility index (Phi) is 1.66. The van der Waals surface area contributed by atoms with Crippen molar-refractivity contribution in [2.45, 2.75) is 30.4 Å². The van der Waals surface area contributed by atoms with Crippen molar-refractivity contribution in [1.82, 2.24) is 0 Å². The summed E-state index contributed by atoms with van der Waals surface area (Å²) in [7, 11) is 0. The van der Waals surface area contributed by atoms with Crippen molar-refractivity contribution in [2.24, 2.45) is 0 Å². The van der Waals surface area contributed by atoms with Crippen molar-refractivity contribution in [3.05, 3.63) is 0 Å². The Hall–Kier alpha value is -0.240. The predicted octanol–water partition coefficient (Wildman–Crippen LogP) is -2.86. The lowest BCUT2D eigenvalue weighted by Gasteiger charge is -2.21. The molecule has 0 aromatic rings. The minimum atomic E-state index is -1.67. The second kappa shape index (κ2) is 2.38. The molecule has 4 N–H and O–H groups in total. The first-order chi connectivity index (χ1) is 5.59. The maximum absolute atomic E-state index is 9.29. The zero-order chi connectivity index (χ0) is 8.93. The fourth-order valence-corrected chi connectivity index (χ4v) is 1.33. The second-order valence-electron chi connectivity index (χ2n) is 3.00. The molecule has 12 heavy (non-hydrogen) atoms. The third-order valence-electron chi connectivity index (χ3n) is 2.16. The van der Waals surface area contributed by atoms with Gasteiger partial charge in [0, 0.05) is 0 Å². The smallest absolute Gasteiger partial charge is 0.250 e. The molecule has 0 saturated carbocycles. The van der Waals surface area contributed by atoms with E-state index in [1.54, 1.807) is 0 Å². The molecule has 2 fully saturated rings. The van der Waals surface area contributed by atoms with Crippen LogP contribution in [0.4, 0.5) is 0 Å². The van der Waals surface area contributed by atoms with Gasteiger partial charge in [-0.3, -0.25) is 0 Å². The zero-order valence-electron chi connectivity index (χ0n) is 6.12. The third-order valence-corrected chi connectivity index (χ3v) is 2.16. The topological polar surface area (TPSA) is 103 Å². The Labute approximate surface area is 68.0 Å². The Morgan fingerprint density at radius 2 is 2.17 bits per heavy atom. The van der Waals surface area contributed by atoms with Crippen LogP contribution >= 0.6 is 0 Å². The maximum Gasteiger partial charge on any atom is 0.250 e. The number of hydrogen-bond acceptors (Lipinski definition) is 6. The van der Waals surface area contributed by atoms with Crippen LogP contribution in [0.15, 0.2) is 0 Å². The minimum absolute atomic E-state index is 0.523. The van der Waals surface area contributed by atoms with Crippen LogP contribution in [0, 0.1) is 0 Å². The molecule has 70 valence electrons. The summed E-state index contributed by atoms with van der Waals surface area (Å²) in [4.78, 5) is 0. The second-order valence-corrected chi connectivity index (χ2v) is 3.00. The minimum Gasteiger partial charge on any atom is -0.394 e. The van der Waals surface area contributed by atoms with Gasteiger partial charge in [0.05, 0.1) is 6.61 Å². The van der Waals surface area contributed by atoms with E-state index in [1.165, 1.54) is 0 Å². The van der Waals surface area contributed by atoms with E-state index in [1.807, 2.05) is 0 Å². The fourth-order valence-electron chi connectivity index (χ4n) is 1.33. The van der Waals surface area contributed by atoms with Crippen molar-refractivity contribution in [3.8, 4) is 0 Å². The van der Waals surface area contributed by atoms with Crippen molar-refractivity contribution < 1.29 is 29.9 Å². The van der Waals surface area contributed by atoms with Crippen LogP contribution in [-0.2, 0) is 9.47 Å². The van der Waals surface area contributed by atoms with E-state index in [-0.39, 0.29) is 0 Å². The Morgan fingerprint density at radius 1 is 1.50 bits per heavy atom. The fraction of sp³-hybridized carbons (Fsp3) is 1.00. The molecule has 0 radical (unpaired) electrons. The van der Waals surface area contributed by atoms with E-state index in [2.05, 4.69) is 4.74 Å². The maximum atomic E-state index is 9.29. The highest BCUT2D eigenvalue weighted by atomic mass is 16.9. The summed E-state index contributed by atoms with van der Waals surface area (Å²) in [6.07, 6.45) is -4.33. The molecule has 2 saturated heterocycles. The van der Waals surface area contributed by atoms with Crippen molar-refractivity contribution in [2.75, 3.05) is 6.61 Å². The van der Waals surface area contributed by atoms with Gasteiger partial charge in [-0.1, -0.05) is 0 Å². The van der Waals surface area contributed by atoms with Gasteiger partial charge in [-0.2, -0.15) is 0 Å². The van der Waals surface area contributed by atoms with Crippen molar-refractivity contribution in [3.63, 3.8) is 0 Å². The first-order valence-corrected chi connectivity index (χ1v) is 3.62. The molecule has 2 aliphatic rings. The van der Waals surface area contributed by atoms with E-state index in [9.17, 15) is 10.2 Å². The van der Waals surface area contributed by atoms with Gasteiger partial charge in [0.25, 0.3) is 0 Å². The summed E-state index contributed by atoms with van der Waals surface area (Å²) in [6.45, 7) is -0.523. The molecule has 0 aromatic carbocycles. The van der Waals surface area contributed by atoms with Gasteiger partial charge in [0.2, 0.25) is 12.1 Å². The van der Waals surface area contributed by atoms with Crippen LogP contribution in [-0.4, -0.2) is 57.4 Å². The van der Waals surface area contributed by atoms with Crippen LogP contribution in [0.2, 0.25) is 0 Å². The Balaban J connectivity index is 2.04. The van der Waals surface area contributed by atoms with E-state index >= 15 is 0 Å². The average molecular weight is 178 g/mol. The van der Waals surface area contributed by atoms with Gasteiger partial charge in [-0.25, -0.2) is 0 Å². The average Bonchev–Trinajstić information content (AvgIpc) is 2.65. The number of rotatable bonds is 2. The van der Waals surface area contributed by atoms with Crippen LogP contribution in [0.3, 0.4) is 0 Å². The molecule has 0 unspecified atom stereocenters. The zero-order valence-corrected chi connectivity index (χ0v) is 6.12. The highest BCUT2D eigenvalue weighted by Gasteiger charge is 2.71. The lowest BCUT2D eigenvalue weighted by Crippen LogP contribution is -2.44. The lowest BCUT2D eigenvalue weighted by molar-refractivity contribution is -0.162. The highest BCUT2D eigenvalue weighted by molar-refractivity contribution is 5.05. The van der Waals surface area contributed by atoms with E-state index in [0.717, 1.165) is 0 Å². The van der Waals surface area contributed by atoms with Crippen molar-refractivity contribution in [1.29, 1.82) is 0 Å². The standard InChI is InChI=1S/C6H10O6/c7-1-2(8)3-4(9)6(10)5(11-3)12-6/h2-5,7-10H,1H2/t2-,3-,4+,5+,6+/m0/s1. The molecule has 2 aliphatic heterocycles. The van der Waals surface area contributed by atoms with E-state index in [0.29, 0.717) is 0 Å². The van der Waals surface area contributed by atoms with Gasteiger partial charge >= 0.3 is 0 Å². The first kappa shape index (κ1) is 8.36. The van der Waals surface area contributed by atoms with Gasteiger partial charge in [-0.15, -0.1) is 0 Å². The van der Waals surface area contributed by atoms with Crippen LogP contribution in [0.1, 0.15) is 0 Å². The highest BCUT2D eigenvalue weighted by Crippen LogP contribution is 2.47. The summed E-state index contributed by atoms with van der Waals surface area (Å²) in [6, 6.07) is 0. The molecule has 6 nitrogen and oxygen atoms in total.